The van der Waals surface area contributed by atoms with Crippen molar-refractivity contribution < 1.29 is 9.59 Å². The van der Waals surface area contributed by atoms with E-state index in [2.05, 4.69) is 0 Å². The van der Waals surface area contributed by atoms with E-state index in [0.717, 1.165) is 11.1 Å². The van der Waals surface area contributed by atoms with Gasteiger partial charge in [0.05, 0.1) is 0 Å². The topological polar surface area (TPSA) is 60.2 Å². The zero-order valence-electron chi connectivity index (χ0n) is 14.7. The van der Waals surface area contributed by atoms with Crippen LogP contribution < -0.4 is 5.73 Å². The Hall–Kier alpha value is -3.20. The van der Waals surface area contributed by atoms with Gasteiger partial charge in [0.15, 0.2) is 11.6 Å². The van der Waals surface area contributed by atoms with Gasteiger partial charge in [-0.05, 0) is 30.2 Å². The number of hydrogen-bond donors (Lipinski definition) is 1. The molecule has 0 atom stereocenters. The molecule has 0 aliphatic rings. The molecule has 0 radical (unpaired) electrons. The first-order valence-electron chi connectivity index (χ1n) is 8.58. The van der Waals surface area contributed by atoms with E-state index in [1.165, 1.54) is 5.56 Å². The monoisotopic (exact) mass is 343 g/mol. The third kappa shape index (κ3) is 4.45. The number of ketones is 2. The smallest absolute Gasteiger partial charge is 0.167 e. The van der Waals surface area contributed by atoms with E-state index in [4.69, 9.17) is 5.73 Å². The molecule has 0 fully saturated rings. The molecule has 130 valence electrons. The first kappa shape index (κ1) is 17.6. The van der Waals surface area contributed by atoms with Crippen molar-refractivity contribution in [3.8, 4) is 0 Å². The van der Waals surface area contributed by atoms with Gasteiger partial charge in [0.2, 0.25) is 0 Å². The molecule has 3 aromatic carbocycles. The van der Waals surface area contributed by atoms with Crippen molar-refractivity contribution >= 4 is 17.3 Å². The van der Waals surface area contributed by atoms with Gasteiger partial charge < -0.3 is 5.73 Å². The Kier molecular flexibility index (Phi) is 5.28. The second kappa shape index (κ2) is 7.79. The van der Waals surface area contributed by atoms with Gasteiger partial charge in [-0.2, -0.15) is 0 Å². The maximum Gasteiger partial charge on any atom is 0.167 e. The highest BCUT2D eigenvalue weighted by molar-refractivity contribution is 6.00. The van der Waals surface area contributed by atoms with Gasteiger partial charge in [0.1, 0.15) is 0 Å². The predicted octanol–water partition coefficient (Wildman–Crippen LogP) is 4.43. The second-order valence-electron chi connectivity index (χ2n) is 6.50. The fourth-order valence-corrected chi connectivity index (χ4v) is 2.76. The lowest BCUT2D eigenvalue weighted by molar-refractivity contribution is 0.0981. The van der Waals surface area contributed by atoms with Gasteiger partial charge in [-0.1, -0.05) is 66.2 Å². The van der Waals surface area contributed by atoms with Crippen molar-refractivity contribution in [2.24, 2.45) is 0 Å². The van der Waals surface area contributed by atoms with E-state index in [1.807, 2.05) is 43.3 Å². The molecule has 0 aliphatic heterocycles. The lowest BCUT2D eigenvalue weighted by atomic mass is 9.98. The molecule has 0 unspecified atom stereocenters. The van der Waals surface area contributed by atoms with Crippen molar-refractivity contribution in [3.63, 3.8) is 0 Å². The van der Waals surface area contributed by atoms with E-state index in [9.17, 15) is 9.59 Å². The highest BCUT2D eigenvalue weighted by Crippen LogP contribution is 2.13. The van der Waals surface area contributed by atoms with Gasteiger partial charge >= 0.3 is 0 Å². The van der Waals surface area contributed by atoms with E-state index in [1.54, 1.807) is 36.4 Å². The molecule has 26 heavy (non-hydrogen) atoms. The first-order chi connectivity index (χ1) is 12.5. The van der Waals surface area contributed by atoms with Gasteiger partial charge in [0.25, 0.3) is 0 Å². The number of anilines is 1. The Balaban J connectivity index is 1.65. The summed E-state index contributed by atoms with van der Waals surface area (Å²) in [6.07, 6.45) is 0.677. The number of nitrogens with two attached hydrogens (primary N) is 1. The van der Waals surface area contributed by atoms with Crippen LogP contribution in [0.15, 0.2) is 72.8 Å². The van der Waals surface area contributed by atoms with E-state index >= 15 is 0 Å². The van der Waals surface area contributed by atoms with Crippen LogP contribution >= 0.6 is 0 Å². The number of aryl methyl sites for hydroxylation is 1. The number of carbonyl (C=O) groups excluding carboxylic acids is 2. The van der Waals surface area contributed by atoms with Gasteiger partial charge in [-0.3, -0.25) is 9.59 Å². The molecule has 3 nitrogen and oxygen atoms in total. The van der Waals surface area contributed by atoms with Gasteiger partial charge in [-0.25, -0.2) is 0 Å². The Morgan fingerprint density at radius 1 is 0.654 bits per heavy atom. The molecule has 3 rings (SSSR count). The highest BCUT2D eigenvalue weighted by Gasteiger charge is 2.10. The minimum atomic E-state index is 0.0207. The minimum Gasteiger partial charge on any atom is -0.399 e. The van der Waals surface area contributed by atoms with Crippen molar-refractivity contribution in [2.45, 2.75) is 19.8 Å². The predicted molar refractivity (Wildman–Crippen MR) is 105 cm³/mol. The SMILES string of the molecule is Cc1ccc(CC(=O)c2ccc(C(=O)Cc3ccc(N)cc3)cc2)cc1. The summed E-state index contributed by atoms with van der Waals surface area (Å²) >= 11 is 0. The van der Waals surface area contributed by atoms with Crippen molar-refractivity contribution in [1.82, 2.24) is 0 Å². The van der Waals surface area contributed by atoms with Crippen LogP contribution in [0.4, 0.5) is 5.69 Å². The van der Waals surface area contributed by atoms with Gasteiger partial charge in [0, 0.05) is 29.7 Å². The summed E-state index contributed by atoms with van der Waals surface area (Å²) in [6, 6.07) is 22.1. The van der Waals surface area contributed by atoms with Crippen molar-refractivity contribution in [1.29, 1.82) is 0 Å². The van der Waals surface area contributed by atoms with Crippen LogP contribution in [-0.2, 0) is 12.8 Å². The quantitative estimate of drug-likeness (QED) is 0.532. The molecule has 0 amide bonds. The van der Waals surface area contributed by atoms with Crippen LogP contribution in [0.1, 0.15) is 37.4 Å². The summed E-state index contributed by atoms with van der Waals surface area (Å²) in [5.41, 5.74) is 10.6. The fraction of sp³-hybridized carbons (Fsp3) is 0.130. The highest BCUT2D eigenvalue weighted by atomic mass is 16.1. The summed E-state index contributed by atoms with van der Waals surface area (Å²) in [7, 11) is 0. The molecule has 0 heterocycles. The lowest BCUT2D eigenvalue weighted by Crippen LogP contribution is -2.06. The molecule has 0 aliphatic carbocycles. The lowest BCUT2D eigenvalue weighted by Gasteiger charge is -2.05. The molecule has 3 aromatic rings. The summed E-state index contributed by atoms with van der Waals surface area (Å²) in [5.74, 6) is 0.0682. The van der Waals surface area contributed by atoms with Crippen LogP contribution in [0.5, 0.6) is 0 Å². The van der Waals surface area contributed by atoms with E-state index < -0.39 is 0 Å². The van der Waals surface area contributed by atoms with E-state index in [0.29, 0.717) is 29.7 Å². The summed E-state index contributed by atoms with van der Waals surface area (Å²) < 4.78 is 0. The third-order valence-corrected chi connectivity index (χ3v) is 4.36. The zero-order chi connectivity index (χ0) is 18.5. The number of carbonyl (C=O) groups is 2. The summed E-state index contributed by atoms with van der Waals surface area (Å²) in [5, 5.41) is 0. The fourth-order valence-electron chi connectivity index (χ4n) is 2.76. The summed E-state index contributed by atoms with van der Waals surface area (Å²) in [6.45, 7) is 2.02. The van der Waals surface area contributed by atoms with Crippen LogP contribution in [0.3, 0.4) is 0 Å². The van der Waals surface area contributed by atoms with Crippen molar-refractivity contribution in [2.75, 3.05) is 5.73 Å². The molecule has 3 heteroatoms. The molecular formula is C23H21NO2. The normalized spacial score (nSPS) is 10.5. The largest absolute Gasteiger partial charge is 0.399 e. The van der Waals surface area contributed by atoms with Gasteiger partial charge in [-0.15, -0.1) is 0 Å². The Labute approximate surface area is 153 Å². The molecule has 0 aromatic heterocycles. The van der Waals surface area contributed by atoms with Crippen LogP contribution in [-0.4, -0.2) is 11.6 Å². The van der Waals surface area contributed by atoms with Crippen LogP contribution in [0, 0.1) is 6.92 Å². The number of nitrogen functional groups attached to an aromatic ring is 1. The van der Waals surface area contributed by atoms with Crippen molar-refractivity contribution in [3.05, 3.63) is 101 Å². The Morgan fingerprint density at radius 2 is 1.04 bits per heavy atom. The van der Waals surface area contributed by atoms with Crippen LogP contribution in [0.25, 0.3) is 0 Å². The zero-order valence-corrected chi connectivity index (χ0v) is 14.7. The average Bonchev–Trinajstić information content (AvgIpc) is 2.65. The maximum absolute atomic E-state index is 12.4. The van der Waals surface area contributed by atoms with E-state index in [-0.39, 0.29) is 11.6 Å². The standard InChI is InChI=1S/C23H21NO2/c1-16-2-4-17(5-3-16)14-22(25)19-8-10-20(11-9-19)23(26)15-18-6-12-21(24)13-7-18/h2-13H,14-15,24H2,1H3. The number of benzene rings is 3. The van der Waals surface area contributed by atoms with Crippen LogP contribution in [0.2, 0.25) is 0 Å². The number of hydrogen-bond acceptors (Lipinski definition) is 3. The maximum atomic E-state index is 12.4. The molecule has 0 saturated carbocycles. The molecule has 2 N–H and O–H groups in total. The summed E-state index contributed by atoms with van der Waals surface area (Å²) in [4.78, 5) is 24.8. The molecule has 0 saturated heterocycles. The first-order valence-corrected chi connectivity index (χ1v) is 8.58. The Morgan fingerprint density at radius 3 is 1.46 bits per heavy atom. The average molecular weight is 343 g/mol. The number of rotatable bonds is 6. The number of Topliss-reactive ketones (excluding diaryl/α,β-unsaturated/α-hetero) is 2. The molecule has 0 bridgehead atoms. The molecular weight excluding hydrogens is 322 g/mol. The Bertz CT molecular complexity index is 829. The second-order valence-corrected chi connectivity index (χ2v) is 6.50. The third-order valence-electron chi connectivity index (χ3n) is 4.36. The minimum absolute atomic E-state index is 0.0207. The molecule has 0 spiro atoms.